The molecule has 106 valence electrons. The molecule has 0 aliphatic rings. The number of hydrogen-bond acceptors (Lipinski definition) is 3. The first kappa shape index (κ1) is 15.0. The van der Waals surface area contributed by atoms with Crippen molar-refractivity contribution in [1.29, 1.82) is 0 Å². The van der Waals surface area contributed by atoms with E-state index in [1.165, 1.54) is 11.3 Å². The summed E-state index contributed by atoms with van der Waals surface area (Å²) in [5, 5.41) is 5.44. The number of fused-ring (bicyclic) bond motifs is 1. The number of carbonyl (C=O) groups is 1. The van der Waals surface area contributed by atoms with Gasteiger partial charge in [-0.25, -0.2) is 5.43 Å². The molecule has 0 fully saturated rings. The second-order valence-electron chi connectivity index (χ2n) is 4.54. The highest BCUT2D eigenvalue weighted by molar-refractivity contribution is 7.21. The summed E-state index contributed by atoms with van der Waals surface area (Å²) in [6.07, 6.45) is 3.82. The van der Waals surface area contributed by atoms with Crippen LogP contribution in [0.3, 0.4) is 0 Å². The van der Waals surface area contributed by atoms with Crippen LogP contribution >= 0.6 is 22.9 Å². The average Bonchev–Trinajstić information content (AvgIpc) is 2.81. The maximum absolute atomic E-state index is 12.1. The number of halogens is 1. The minimum atomic E-state index is -0.251. The molecule has 2 aromatic rings. The third-order valence-electron chi connectivity index (χ3n) is 3.24. The zero-order valence-corrected chi connectivity index (χ0v) is 13.1. The van der Waals surface area contributed by atoms with Gasteiger partial charge < -0.3 is 0 Å². The van der Waals surface area contributed by atoms with Gasteiger partial charge in [0.2, 0.25) is 0 Å². The number of nitrogens with zero attached hydrogens (tertiary/aromatic N) is 1. The first-order valence-electron chi connectivity index (χ1n) is 6.67. The molecule has 5 heteroatoms. The van der Waals surface area contributed by atoms with Crippen molar-refractivity contribution < 1.29 is 4.79 Å². The molecule has 3 nitrogen and oxygen atoms in total. The third kappa shape index (κ3) is 3.19. The number of carbonyl (C=O) groups excluding carboxylic acids is 1. The van der Waals surface area contributed by atoms with E-state index in [0.717, 1.165) is 22.9 Å². The van der Waals surface area contributed by atoms with Crippen molar-refractivity contribution >= 4 is 45.1 Å². The number of hydrogen-bond donors (Lipinski definition) is 1. The molecule has 0 bridgehead atoms. The number of hydrazone groups is 1. The summed E-state index contributed by atoms with van der Waals surface area (Å²) in [7, 11) is 0. The van der Waals surface area contributed by atoms with Crippen LogP contribution in [0.25, 0.3) is 10.1 Å². The summed E-state index contributed by atoms with van der Waals surface area (Å²) in [4.78, 5) is 12.6. The summed E-state index contributed by atoms with van der Waals surface area (Å²) in [6.45, 7) is 4.20. The van der Waals surface area contributed by atoms with Gasteiger partial charge in [0.05, 0.1) is 5.02 Å². The van der Waals surface area contributed by atoms with E-state index >= 15 is 0 Å². The predicted molar refractivity (Wildman–Crippen MR) is 86.9 cm³/mol. The van der Waals surface area contributed by atoms with E-state index in [4.69, 9.17) is 11.6 Å². The summed E-state index contributed by atoms with van der Waals surface area (Å²) in [5.41, 5.74) is 2.56. The normalized spacial score (nSPS) is 11.6. The van der Waals surface area contributed by atoms with Gasteiger partial charge in [0.15, 0.2) is 0 Å². The second-order valence-corrected chi connectivity index (χ2v) is 5.97. The lowest BCUT2D eigenvalue weighted by Crippen LogP contribution is -2.17. The molecule has 1 N–H and O–H groups in total. The lowest BCUT2D eigenvalue weighted by atomic mass is 10.1. The Kier molecular flexibility index (Phi) is 5.15. The van der Waals surface area contributed by atoms with Crippen LogP contribution in [0.1, 0.15) is 36.4 Å². The summed E-state index contributed by atoms with van der Waals surface area (Å²) in [6, 6.07) is 7.71. The highest BCUT2D eigenvalue weighted by Gasteiger charge is 2.16. The van der Waals surface area contributed by atoms with Gasteiger partial charge in [0.1, 0.15) is 4.88 Å². The van der Waals surface area contributed by atoms with E-state index in [1.807, 2.05) is 24.3 Å². The molecule has 0 atom stereocenters. The molecule has 20 heavy (non-hydrogen) atoms. The molecule has 0 spiro atoms. The molecule has 1 aromatic carbocycles. The molecule has 0 aliphatic carbocycles. The maximum atomic E-state index is 12.1. The number of nitrogens with one attached hydrogen (secondary N) is 1. The Labute approximate surface area is 127 Å². The minimum absolute atomic E-state index is 0.251. The molecule has 2 rings (SSSR count). The molecule has 0 unspecified atom stereocenters. The van der Waals surface area contributed by atoms with E-state index in [9.17, 15) is 4.79 Å². The molecule has 0 radical (unpaired) electrons. The van der Waals surface area contributed by atoms with Gasteiger partial charge in [0, 0.05) is 16.3 Å². The number of rotatable bonds is 5. The Morgan fingerprint density at radius 1 is 1.40 bits per heavy atom. The van der Waals surface area contributed by atoms with Crippen LogP contribution in [0.4, 0.5) is 0 Å². The number of amides is 1. The standard InChI is InChI=1S/C15H17ClN2OS/c1-3-10(4-2)9-17-18-15(19)14-13(16)11-7-5-6-8-12(11)20-14/h5-10H,3-4H2,1-2H3,(H,18,19)/b17-9-. The SMILES string of the molecule is CCC(/C=N\NC(=O)c1sc2ccccc2c1Cl)CC. The fourth-order valence-electron chi connectivity index (χ4n) is 1.91. The molecule has 1 aromatic heterocycles. The first-order valence-corrected chi connectivity index (χ1v) is 7.87. The van der Waals surface area contributed by atoms with E-state index in [1.54, 1.807) is 6.21 Å². The van der Waals surface area contributed by atoms with Gasteiger partial charge in [-0.3, -0.25) is 4.79 Å². The monoisotopic (exact) mass is 308 g/mol. The molecule has 0 saturated heterocycles. The molecular formula is C15H17ClN2OS. The largest absolute Gasteiger partial charge is 0.282 e. The smallest absolute Gasteiger partial charge is 0.266 e. The van der Waals surface area contributed by atoms with Crippen molar-refractivity contribution in [1.82, 2.24) is 5.43 Å². The Balaban J connectivity index is 2.14. The van der Waals surface area contributed by atoms with Crippen molar-refractivity contribution in [3.05, 3.63) is 34.2 Å². The fourth-order valence-corrected chi connectivity index (χ4v) is 3.32. The van der Waals surface area contributed by atoms with Crippen molar-refractivity contribution in [3.8, 4) is 0 Å². The highest BCUT2D eigenvalue weighted by Crippen LogP contribution is 2.34. The Hall–Kier alpha value is -1.39. The van der Waals surface area contributed by atoms with Gasteiger partial charge in [-0.15, -0.1) is 11.3 Å². The van der Waals surface area contributed by atoms with Crippen molar-refractivity contribution in [2.45, 2.75) is 26.7 Å². The zero-order chi connectivity index (χ0) is 14.5. The maximum Gasteiger partial charge on any atom is 0.282 e. The Bertz CT molecular complexity index is 632. The zero-order valence-electron chi connectivity index (χ0n) is 11.5. The Morgan fingerprint density at radius 3 is 2.75 bits per heavy atom. The topological polar surface area (TPSA) is 41.5 Å². The summed E-state index contributed by atoms with van der Waals surface area (Å²) < 4.78 is 1.01. The lowest BCUT2D eigenvalue weighted by Gasteiger charge is -2.04. The number of thiophene rings is 1. The van der Waals surface area contributed by atoms with E-state index in [0.29, 0.717) is 15.8 Å². The van der Waals surface area contributed by atoms with Gasteiger partial charge in [-0.2, -0.15) is 5.10 Å². The predicted octanol–water partition coefficient (Wildman–Crippen LogP) is 4.71. The molecule has 0 aliphatic heterocycles. The molecule has 1 heterocycles. The van der Waals surface area contributed by atoms with Crippen LogP contribution in [0, 0.1) is 5.92 Å². The van der Waals surface area contributed by atoms with Crippen molar-refractivity contribution in [2.24, 2.45) is 11.0 Å². The summed E-state index contributed by atoms with van der Waals surface area (Å²) >= 11 is 7.63. The van der Waals surface area contributed by atoms with Gasteiger partial charge in [-0.05, 0) is 24.8 Å². The highest BCUT2D eigenvalue weighted by atomic mass is 35.5. The van der Waals surface area contributed by atoms with Crippen LogP contribution in [0.2, 0.25) is 5.02 Å². The van der Waals surface area contributed by atoms with Crippen molar-refractivity contribution in [2.75, 3.05) is 0 Å². The second kappa shape index (κ2) is 6.86. The molecule has 1 amide bonds. The summed E-state index contributed by atoms with van der Waals surface area (Å²) in [5.74, 6) is 0.145. The first-order chi connectivity index (χ1) is 9.67. The van der Waals surface area contributed by atoms with Crippen molar-refractivity contribution in [3.63, 3.8) is 0 Å². The Morgan fingerprint density at radius 2 is 2.10 bits per heavy atom. The van der Waals surface area contributed by atoms with Crippen LogP contribution in [0.5, 0.6) is 0 Å². The van der Waals surface area contributed by atoms with Crippen LogP contribution < -0.4 is 5.43 Å². The lowest BCUT2D eigenvalue weighted by molar-refractivity contribution is 0.0959. The van der Waals surface area contributed by atoms with E-state index in [-0.39, 0.29) is 5.91 Å². The van der Waals surface area contributed by atoms with Gasteiger partial charge >= 0.3 is 0 Å². The van der Waals surface area contributed by atoms with Crippen LogP contribution in [0.15, 0.2) is 29.4 Å². The van der Waals surface area contributed by atoms with E-state index in [2.05, 4.69) is 24.4 Å². The van der Waals surface area contributed by atoms with Crippen LogP contribution in [-0.2, 0) is 0 Å². The van der Waals surface area contributed by atoms with E-state index < -0.39 is 0 Å². The number of benzene rings is 1. The van der Waals surface area contributed by atoms with Gasteiger partial charge in [0.25, 0.3) is 5.91 Å². The minimum Gasteiger partial charge on any atom is -0.266 e. The third-order valence-corrected chi connectivity index (χ3v) is 4.92. The van der Waals surface area contributed by atoms with Gasteiger partial charge in [-0.1, -0.05) is 43.6 Å². The molecular weight excluding hydrogens is 292 g/mol. The average molecular weight is 309 g/mol. The van der Waals surface area contributed by atoms with Crippen LogP contribution in [-0.4, -0.2) is 12.1 Å². The quantitative estimate of drug-likeness (QED) is 0.631. The fraction of sp³-hybridized carbons (Fsp3) is 0.333. The molecule has 0 saturated carbocycles.